The lowest BCUT2D eigenvalue weighted by Crippen LogP contribution is -2.14. The fourth-order valence-electron chi connectivity index (χ4n) is 2.64. The second kappa shape index (κ2) is 6.43. The molecule has 0 spiro atoms. The van der Waals surface area contributed by atoms with Gasteiger partial charge in [-0.1, -0.05) is 12.1 Å². The van der Waals surface area contributed by atoms with Gasteiger partial charge in [-0.2, -0.15) is 0 Å². The first-order valence-corrected chi connectivity index (χ1v) is 8.11. The summed E-state index contributed by atoms with van der Waals surface area (Å²) in [6.07, 6.45) is 2.41. The number of nitrogens with zero attached hydrogens (tertiary/aromatic N) is 4. The Hall–Kier alpha value is -3.09. The number of carbonyl (C=O) groups is 1. The van der Waals surface area contributed by atoms with Crippen LogP contribution in [0.5, 0.6) is 0 Å². The minimum Gasteiger partial charge on any atom is -0.326 e. The number of rotatable bonds is 5. The van der Waals surface area contributed by atoms with Crippen molar-refractivity contribution < 1.29 is 9.18 Å². The van der Waals surface area contributed by atoms with Crippen molar-refractivity contribution >= 4 is 11.6 Å². The van der Waals surface area contributed by atoms with Crippen molar-refractivity contribution in [3.63, 3.8) is 0 Å². The predicted molar refractivity (Wildman–Crippen MR) is 90.3 cm³/mol. The molecule has 0 atom stereocenters. The average Bonchev–Trinajstić information content (AvgIpc) is 3.34. The second-order valence-corrected chi connectivity index (χ2v) is 6.11. The molecule has 1 aliphatic carbocycles. The molecule has 0 radical (unpaired) electrons. The molecule has 4 rings (SSSR count). The Bertz CT molecular complexity index is 885. The molecule has 0 unspecified atom stereocenters. The molecule has 7 heteroatoms. The summed E-state index contributed by atoms with van der Waals surface area (Å²) < 4.78 is 14.7. The van der Waals surface area contributed by atoms with Gasteiger partial charge in [-0.25, -0.2) is 9.07 Å². The van der Waals surface area contributed by atoms with E-state index in [0.29, 0.717) is 11.7 Å². The zero-order valence-corrected chi connectivity index (χ0v) is 13.4. The molecule has 1 N–H and O–H groups in total. The molecule has 0 saturated heterocycles. The smallest absolute Gasteiger partial charge is 0.228 e. The summed E-state index contributed by atoms with van der Waals surface area (Å²) in [4.78, 5) is 12.1. The first-order valence-electron chi connectivity index (χ1n) is 8.11. The first-order chi connectivity index (χ1) is 12.2. The van der Waals surface area contributed by atoms with Crippen LogP contribution in [0.25, 0.3) is 11.4 Å². The van der Waals surface area contributed by atoms with E-state index in [1.165, 1.54) is 12.1 Å². The maximum Gasteiger partial charge on any atom is 0.228 e. The van der Waals surface area contributed by atoms with Gasteiger partial charge in [-0.15, -0.1) is 5.10 Å². The Labute approximate surface area is 143 Å². The molecular weight excluding hydrogens is 321 g/mol. The van der Waals surface area contributed by atoms with Crippen molar-refractivity contribution in [2.45, 2.75) is 25.3 Å². The summed E-state index contributed by atoms with van der Waals surface area (Å²) in [6.45, 7) is 0. The quantitative estimate of drug-likeness (QED) is 0.777. The predicted octanol–water partition coefficient (Wildman–Crippen LogP) is 3.00. The summed E-state index contributed by atoms with van der Waals surface area (Å²) in [7, 11) is 0. The summed E-state index contributed by atoms with van der Waals surface area (Å²) >= 11 is 0. The molecular formula is C18H16FN5O. The molecule has 0 bridgehead atoms. The number of hydrogen-bond donors (Lipinski definition) is 1. The van der Waals surface area contributed by atoms with E-state index in [0.717, 1.165) is 29.8 Å². The van der Waals surface area contributed by atoms with Gasteiger partial charge in [0.15, 0.2) is 5.82 Å². The lowest BCUT2D eigenvalue weighted by atomic mass is 10.1. The van der Waals surface area contributed by atoms with Crippen LogP contribution in [0.2, 0.25) is 0 Å². The van der Waals surface area contributed by atoms with E-state index in [-0.39, 0.29) is 18.1 Å². The van der Waals surface area contributed by atoms with E-state index in [1.54, 1.807) is 12.1 Å². The third kappa shape index (κ3) is 3.55. The van der Waals surface area contributed by atoms with Crippen LogP contribution in [0.1, 0.15) is 24.4 Å². The molecule has 2 aromatic carbocycles. The Morgan fingerprint density at radius 2 is 1.84 bits per heavy atom. The van der Waals surface area contributed by atoms with E-state index in [2.05, 4.69) is 20.8 Å². The SMILES string of the molecule is O=C(Cc1ccc(F)cc1)Nc1ccc(-c2nnnn2C2CC2)cc1. The van der Waals surface area contributed by atoms with E-state index >= 15 is 0 Å². The standard InChI is InChI=1S/C18H16FN5O/c19-14-5-1-12(2-6-14)11-17(25)20-15-7-3-13(4-8-15)18-21-22-23-24(18)16-9-10-16/h1-8,16H,9-11H2,(H,20,25). The number of nitrogens with one attached hydrogen (secondary N) is 1. The minimum atomic E-state index is -0.312. The molecule has 126 valence electrons. The first kappa shape index (κ1) is 15.4. The van der Waals surface area contributed by atoms with Gasteiger partial charge in [0.05, 0.1) is 12.5 Å². The van der Waals surface area contributed by atoms with Crippen molar-refractivity contribution in [3.8, 4) is 11.4 Å². The topological polar surface area (TPSA) is 72.7 Å². The van der Waals surface area contributed by atoms with Gasteiger partial charge in [-0.3, -0.25) is 4.79 Å². The maximum atomic E-state index is 12.9. The number of tetrazole rings is 1. The van der Waals surface area contributed by atoms with Crippen LogP contribution in [0.4, 0.5) is 10.1 Å². The van der Waals surface area contributed by atoms with Crippen LogP contribution in [0, 0.1) is 5.82 Å². The number of amides is 1. The van der Waals surface area contributed by atoms with Gasteiger partial charge in [0, 0.05) is 11.3 Å². The third-order valence-corrected chi connectivity index (χ3v) is 4.09. The maximum absolute atomic E-state index is 12.9. The zero-order valence-electron chi connectivity index (χ0n) is 13.4. The lowest BCUT2D eigenvalue weighted by molar-refractivity contribution is -0.115. The van der Waals surface area contributed by atoms with Crippen LogP contribution in [-0.4, -0.2) is 26.1 Å². The Morgan fingerprint density at radius 1 is 1.12 bits per heavy atom. The van der Waals surface area contributed by atoms with Crippen LogP contribution in [0.3, 0.4) is 0 Å². The highest BCUT2D eigenvalue weighted by Crippen LogP contribution is 2.36. The summed E-state index contributed by atoms with van der Waals surface area (Å²) in [5.74, 6) is 0.280. The van der Waals surface area contributed by atoms with Crippen LogP contribution < -0.4 is 5.32 Å². The molecule has 1 aliphatic rings. The van der Waals surface area contributed by atoms with Crippen molar-refractivity contribution in [1.29, 1.82) is 0 Å². The molecule has 1 aromatic heterocycles. The van der Waals surface area contributed by atoms with Gasteiger partial charge < -0.3 is 5.32 Å². The highest BCUT2D eigenvalue weighted by atomic mass is 19.1. The van der Waals surface area contributed by atoms with Gasteiger partial charge in [0.25, 0.3) is 0 Å². The van der Waals surface area contributed by atoms with E-state index < -0.39 is 0 Å². The number of anilines is 1. The van der Waals surface area contributed by atoms with E-state index in [1.807, 2.05) is 28.9 Å². The number of benzene rings is 2. The summed E-state index contributed by atoms with van der Waals surface area (Å²) in [6, 6.07) is 13.7. The lowest BCUT2D eigenvalue weighted by Gasteiger charge is -2.07. The molecule has 1 saturated carbocycles. The normalized spacial score (nSPS) is 13.6. The van der Waals surface area contributed by atoms with Crippen LogP contribution in [0.15, 0.2) is 48.5 Å². The largest absolute Gasteiger partial charge is 0.326 e. The van der Waals surface area contributed by atoms with E-state index in [4.69, 9.17) is 0 Å². The number of hydrogen-bond acceptors (Lipinski definition) is 4. The van der Waals surface area contributed by atoms with Gasteiger partial charge in [0.2, 0.25) is 5.91 Å². The van der Waals surface area contributed by atoms with Gasteiger partial charge in [-0.05, 0) is 65.2 Å². The van der Waals surface area contributed by atoms with Gasteiger partial charge in [0.1, 0.15) is 5.82 Å². The molecule has 1 heterocycles. The third-order valence-electron chi connectivity index (χ3n) is 4.09. The molecule has 6 nitrogen and oxygen atoms in total. The van der Waals surface area contributed by atoms with Crippen molar-refractivity contribution in [2.24, 2.45) is 0 Å². The number of halogens is 1. The fourth-order valence-corrected chi connectivity index (χ4v) is 2.64. The van der Waals surface area contributed by atoms with Crippen molar-refractivity contribution in [2.75, 3.05) is 5.32 Å². The molecule has 25 heavy (non-hydrogen) atoms. The second-order valence-electron chi connectivity index (χ2n) is 6.11. The van der Waals surface area contributed by atoms with Crippen LogP contribution >= 0.6 is 0 Å². The molecule has 3 aromatic rings. The Kier molecular flexibility index (Phi) is 3.97. The van der Waals surface area contributed by atoms with E-state index in [9.17, 15) is 9.18 Å². The van der Waals surface area contributed by atoms with Crippen molar-refractivity contribution in [1.82, 2.24) is 20.2 Å². The minimum absolute atomic E-state index is 0.151. The highest BCUT2D eigenvalue weighted by molar-refractivity contribution is 5.92. The Balaban J connectivity index is 1.42. The highest BCUT2D eigenvalue weighted by Gasteiger charge is 2.28. The van der Waals surface area contributed by atoms with Crippen molar-refractivity contribution in [3.05, 3.63) is 59.9 Å². The number of carbonyl (C=O) groups excluding carboxylic acids is 1. The molecule has 0 aliphatic heterocycles. The van der Waals surface area contributed by atoms with Crippen LogP contribution in [-0.2, 0) is 11.2 Å². The monoisotopic (exact) mass is 337 g/mol. The molecule has 1 fully saturated rings. The Morgan fingerprint density at radius 3 is 2.52 bits per heavy atom. The summed E-state index contributed by atoms with van der Waals surface area (Å²) in [5, 5.41) is 14.7. The summed E-state index contributed by atoms with van der Waals surface area (Å²) in [5.41, 5.74) is 2.37. The zero-order chi connectivity index (χ0) is 17.2. The fraction of sp³-hybridized carbons (Fsp3) is 0.222. The van der Waals surface area contributed by atoms with Gasteiger partial charge >= 0.3 is 0 Å². The molecule has 1 amide bonds. The number of aromatic nitrogens is 4. The average molecular weight is 337 g/mol.